The van der Waals surface area contributed by atoms with E-state index in [1.165, 1.54) is 5.56 Å². The summed E-state index contributed by atoms with van der Waals surface area (Å²) in [5, 5.41) is 4.22. The standard InChI is InChI=1S/C23H33N3O4S/c1-13-14(2)16(4)22(17(5)15(13)3)20(27)11-10-12-21(28)26(31(9,29)30)23-18(6)24-25(8)19(23)7/h10-12H2,1-9H3. The van der Waals surface area contributed by atoms with Crippen LogP contribution in [0.15, 0.2) is 0 Å². The third kappa shape index (κ3) is 4.74. The van der Waals surface area contributed by atoms with Gasteiger partial charge in [0.15, 0.2) is 5.78 Å². The number of rotatable bonds is 7. The highest BCUT2D eigenvalue weighted by atomic mass is 32.2. The number of hydrogen-bond acceptors (Lipinski definition) is 5. The van der Waals surface area contributed by atoms with Crippen LogP contribution in [0.25, 0.3) is 0 Å². The first kappa shape index (κ1) is 24.8. The number of nitrogens with zero attached hydrogens (tertiary/aromatic N) is 3. The molecule has 0 saturated carbocycles. The summed E-state index contributed by atoms with van der Waals surface area (Å²) in [6.07, 6.45) is 1.41. The average molecular weight is 448 g/mol. The number of ketones is 1. The van der Waals surface area contributed by atoms with Gasteiger partial charge in [-0.05, 0) is 82.7 Å². The Morgan fingerprint density at radius 3 is 1.77 bits per heavy atom. The number of sulfonamides is 1. The fourth-order valence-corrected chi connectivity index (χ4v) is 5.13. The number of aryl methyl sites for hydroxylation is 2. The molecule has 0 saturated heterocycles. The Labute approximate surface area is 185 Å². The van der Waals surface area contributed by atoms with Gasteiger partial charge in [-0.1, -0.05) is 0 Å². The van der Waals surface area contributed by atoms with Gasteiger partial charge in [0.05, 0.1) is 17.6 Å². The lowest BCUT2D eigenvalue weighted by Crippen LogP contribution is -2.36. The number of anilines is 1. The number of carbonyl (C=O) groups is 2. The van der Waals surface area contributed by atoms with Gasteiger partial charge >= 0.3 is 0 Å². The van der Waals surface area contributed by atoms with Crippen molar-refractivity contribution in [3.8, 4) is 0 Å². The third-order valence-corrected chi connectivity index (χ3v) is 7.35. The van der Waals surface area contributed by atoms with Gasteiger partial charge in [-0.15, -0.1) is 0 Å². The quantitative estimate of drug-likeness (QED) is 0.600. The molecule has 0 N–H and O–H groups in total. The lowest BCUT2D eigenvalue weighted by molar-refractivity contribution is -0.117. The lowest BCUT2D eigenvalue weighted by atomic mass is 9.86. The summed E-state index contributed by atoms with van der Waals surface area (Å²) in [4.78, 5) is 25.9. The zero-order valence-corrected chi connectivity index (χ0v) is 20.8. The lowest BCUT2D eigenvalue weighted by Gasteiger charge is -2.21. The summed E-state index contributed by atoms with van der Waals surface area (Å²) in [7, 11) is -2.14. The van der Waals surface area contributed by atoms with Gasteiger partial charge in [-0.25, -0.2) is 12.7 Å². The number of carbonyl (C=O) groups excluding carboxylic acids is 2. The molecule has 1 amide bonds. The molecule has 0 unspecified atom stereocenters. The molecule has 0 radical (unpaired) electrons. The average Bonchev–Trinajstić information content (AvgIpc) is 2.90. The van der Waals surface area contributed by atoms with Gasteiger partial charge in [-0.2, -0.15) is 5.10 Å². The summed E-state index contributed by atoms with van der Waals surface area (Å²) in [5.74, 6) is -0.576. The van der Waals surface area contributed by atoms with Crippen LogP contribution in [0, 0.1) is 48.5 Å². The summed E-state index contributed by atoms with van der Waals surface area (Å²) in [6.45, 7) is 13.4. The molecule has 8 heteroatoms. The molecule has 0 fully saturated rings. The van der Waals surface area contributed by atoms with E-state index < -0.39 is 15.9 Å². The van der Waals surface area contributed by atoms with Crippen molar-refractivity contribution < 1.29 is 18.0 Å². The first-order chi connectivity index (χ1) is 14.2. The molecule has 0 spiro atoms. The molecule has 1 aromatic carbocycles. The van der Waals surface area contributed by atoms with Gasteiger partial charge < -0.3 is 0 Å². The van der Waals surface area contributed by atoms with Crippen molar-refractivity contribution in [2.24, 2.45) is 7.05 Å². The number of aromatic nitrogens is 2. The van der Waals surface area contributed by atoms with Crippen molar-refractivity contribution in [1.82, 2.24) is 9.78 Å². The van der Waals surface area contributed by atoms with Crippen molar-refractivity contribution in [3.63, 3.8) is 0 Å². The summed E-state index contributed by atoms with van der Waals surface area (Å²) in [6, 6.07) is 0. The summed E-state index contributed by atoms with van der Waals surface area (Å²) in [5.41, 5.74) is 7.39. The van der Waals surface area contributed by atoms with Gasteiger partial charge in [0.1, 0.15) is 5.69 Å². The second-order valence-corrected chi connectivity index (χ2v) is 10.2. The summed E-state index contributed by atoms with van der Waals surface area (Å²) >= 11 is 0. The molecule has 0 bridgehead atoms. The van der Waals surface area contributed by atoms with Crippen molar-refractivity contribution in [2.45, 2.75) is 67.7 Å². The molecule has 0 aliphatic carbocycles. The third-order valence-electron chi connectivity index (χ3n) is 6.31. The molecular formula is C23H33N3O4S. The zero-order valence-electron chi connectivity index (χ0n) is 20.0. The summed E-state index contributed by atoms with van der Waals surface area (Å²) < 4.78 is 27.2. The van der Waals surface area contributed by atoms with E-state index in [-0.39, 0.29) is 30.7 Å². The fraction of sp³-hybridized carbons (Fsp3) is 0.522. The van der Waals surface area contributed by atoms with Crippen LogP contribution in [0.3, 0.4) is 0 Å². The zero-order chi connectivity index (χ0) is 23.8. The van der Waals surface area contributed by atoms with Gasteiger partial charge in [0.25, 0.3) is 0 Å². The van der Waals surface area contributed by atoms with Crippen LogP contribution in [-0.2, 0) is 21.9 Å². The monoisotopic (exact) mass is 447 g/mol. The van der Waals surface area contributed by atoms with E-state index in [1.807, 2.05) is 27.7 Å². The molecule has 0 aliphatic rings. The van der Waals surface area contributed by atoms with Crippen LogP contribution in [-0.4, -0.2) is 36.1 Å². The van der Waals surface area contributed by atoms with Crippen molar-refractivity contribution in [1.29, 1.82) is 0 Å². The first-order valence-corrected chi connectivity index (χ1v) is 12.2. The van der Waals surface area contributed by atoms with E-state index in [2.05, 4.69) is 12.0 Å². The topological polar surface area (TPSA) is 89.3 Å². The molecule has 1 heterocycles. The van der Waals surface area contributed by atoms with Crippen LogP contribution in [0.1, 0.15) is 68.8 Å². The molecule has 7 nitrogen and oxygen atoms in total. The molecule has 2 rings (SSSR count). The van der Waals surface area contributed by atoms with E-state index in [1.54, 1.807) is 25.6 Å². The predicted molar refractivity (Wildman–Crippen MR) is 123 cm³/mol. The Balaban J connectivity index is 2.23. The predicted octanol–water partition coefficient (Wildman–Crippen LogP) is 3.92. The Hall–Kier alpha value is -2.48. The maximum absolute atomic E-state index is 13.0. The molecule has 0 aliphatic heterocycles. The molecular weight excluding hydrogens is 414 g/mol. The smallest absolute Gasteiger partial charge is 0.240 e. The molecule has 0 atom stereocenters. The van der Waals surface area contributed by atoms with Crippen LogP contribution in [0.5, 0.6) is 0 Å². The van der Waals surface area contributed by atoms with Crippen molar-refractivity contribution >= 4 is 27.4 Å². The minimum Gasteiger partial charge on any atom is -0.294 e. The van der Waals surface area contributed by atoms with E-state index in [0.29, 0.717) is 17.0 Å². The highest BCUT2D eigenvalue weighted by Gasteiger charge is 2.30. The van der Waals surface area contributed by atoms with E-state index in [9.17, 15) is 18.0 Å². The number of hydrogen-bond donors (Lipinski definition) is 0. The molecule has 31 heavy (non-hydrogen) atoms. The van der Waals surface area contributed by atoms with Crippen LogP contribution < -0.4 is 4.31 Å². The normalized spacial score (nSPS) is 11.6. The maximum atomic E-state index is 13.0. The Bertz CT molecular complexity index is 1130. The Morgan fingerprint density at radius 2 is 1.35 bits per heavy atom. The molecule has 170 valence electrons. The maximum Gasteiger partial charge on any atom is 0.240 e. The number of amides is 1. The van der Waals surface area contributed by atoms with Gasteiger partial charge in [0.2, 0.25) is 15.9 Å². The molecule has 2 aromatic rings. The fourth-order valence-electron chi connectivity index (χ4n) is 4.08. The van der Waals surface area contributed by atoms with Crippen LogP contribution in [0.4, 0.5) is 5.69 Å². The largest absolute Gasteiger partial charge is 0.294 e. The van der Waals surface area contributed by atoms with Gasteiger partial charge in [-0.3, -0.25) is 14.3 Å². The van der Waals surface area contributed by atoms with Crippen LogP contribution in [0.2, 0.25) is 0 Å². The van der Waals surface area contributed by atoms with Gasteiger partial charge in [0, 0.05) is 25.5 Å². The Morgan fingerprint density at radius 1 is 0.871 bits per heavy atom. The number of Topliss-reactive ketones (excluding diaryl/α,β-unsaturated/α-hetero) is 1. The second-order valence-electron chi connectivity index (χ2n) is 8.34. The van der Waals surface area contributed by atoms with Crippen molar-refractivity contribution in [2.75, 3.05) is 10.6 Å². The molecule has 1 aromatic heterocycles. The minimum atomic E-state index is -3.84. The SMILES string of the molecule is Cc1nn(C)c(C)c1N(C(=O)CCCC(=O)c1c(C)c(C)c(C)c(C)c1C)S(C)(=O)=O. The minimum absolute atomic E-state index is 0.0198. The highest BCUT2D eigenvalue weighted by Crippen LogP contribution is 2.29. The van der Waals surface area contributed by atoms with E-state index >= 15 is 0 Å². The Kier molecular flexibility index (Phi) is 7.15. The first-order valence-electron chi connectivity index (χ1n) is 10.3. The second kappa shape index (κ2) is 8.94. The number of benzene rings is 1. The highest BCUT2D eigenvalue weighted by molar-refractivity contribution is 7.92. The van der Waals surface area contributed by atoms with E-state index in [0.717, 1.165) is 32.8 Å². The van der Waals surface area contributed by atoms with Crippen molar-refractivity contribution in [3.05, 3.63) is 44.8 Å². The van der Waals surface area contributed by atoms with E-state index in [4.69, 9.17) is 0 Å². The van der Waals surface area contributed by atoms with Crippen LogP contribution >= 0.6 is 0 Å².